The molecular weight excluding hydrogens is 196 g/mol. The fourth-order valence-electron chi connectivity index (χ4n) is 3.66. The van der Waals surface area contributed by atoms with E-state index in [2.05, 4.69) is 0 Å². The first-order chi connectivity index (χ1) is 7.80. The molecule has 0 spiro atoms. The Balaban J connectivity index is 1.90. The molecule has 3 rings (SSSR count). The van der Waals surface area contributed by atoms with Crippen molar-refractivity contribution in [1.29, 1.82) is 0 Å². The van der Waals surface area contributed by atoms with E-state index in [1.54, 1.807) is 0 Å². The second-order valence-corrected chi connectivity index (χ2v) is 5.48. The Morgan fingerprint density at radius 2 is 1.94 bits per heavy atom. The average Bonchev–Trinajstić information content (AvgIpc) is 2.66. The Labute approximate surface area is 96.9 Å². The lowest BCUT2D eigenvalue weighted by molar-refractivity contribution is 0.0744. The van der Waals surface area contributed by atoms with Crippen LogP contribution in [0.25, 0.3) is 0 Å². The quantitative estimate of drug-likeness (QED) is 0.684. The first-order valence-corrected chi connectivity index (χ1v) is 6.40. The Hall–Kier alpha value is -1.11. The van der Waals surface area contributed by atoms with Gasteiger partial charge in [-0.1, -0.05) is 43.2 Å². The van der Waals surface area contributed by atoms with Gasteiger partial charge in [-0.15, -0.1) is 0 Å². The molecule has 1 heteroatoms. The van der Waals surface area contributed by atoms with Crippen LogP contribution in [0.1, 0.15) is 48.9 Å². The molecule has 2 aliphatic rings. The molecule has 2 saturated carbocycles. The van der Waals surface area contributed by atoms with Gasteiger partial charge in [-0.25, -0.2) is 0 Å². The predicted octanol–water partition coefficient (Wildman–Crippen LogP) is 3.84. The first kappa shape index (κ1) is 10.1. The van der Waals surface area contributed by atoms with Gasteiger partial charge in [0, 0.05) is 11.0 Å². The van der Waals surface area contributed by atoms with Gasteiger partial charge in [0.25, 0.3) is 0 Å². The van der Waals surface area contributed by atoms with Crippen LogP contribution < -0.4 is 0 Å². The van der Waals surface area contributed by atoms with E-state index in [9.17, 15) is 4.79 Å². The highest BCUT2D eigenvalue weighted by Gasteiger charge is 2.47. The zero-order chi connectivity index (χ0) is 11.0. The molecule has 16 heavy (non-hydrogen) atoms. The summed E-state index contributed by atoms with van der Waals surface area (Å²) in [6.07, 6.45) is 7.29. The molecule has 2 bridgehead atoms. The molecule has 0 saturated heterocycles. The van der Waals surface area contributed by atoms with Crippen LogP contribution in [0.3, 0.4) is 0 Å². The molecule has 2 aliphatic carbocycles. The molecule has 1 nitrogen and oxygen atoms in total. The highest BCUT2D eigenvalue weighted by atomic mass is 16.1. The summed E-state index contributed by atoms with van der Waals surface area (Å²) in [5, 5.41) is 0. The summed E-state index contributed by atoms with van der Waals surface area (Å²) in [6.45, 7) is 0. The van der Waals surface area contributed by atoms with Gasteiger partial charge in [0.15, 0.2) is 5.78 Å². The van der Waals surface area contributed by atoms with Gasteiger partial charge in [-0.05, 0) is 31.6 Å². The fourth-order valence-corrected chi connectivity index (χ4v) is 3.66. The standard InChI is InChI=1S/C15H18O/c16-14(13-6-2-1-3-7-13)15-9-4-5-12(11-15)8-10-15/h1-3,6-7,12H,4-5,8-11H2/t12-,15+/m1/s1. The minimum absolute atomic E-state index is 0.0181. The Bertz CT molecular complexity index is 391. The molecule has 2 fully saturated rings. The summed E-state index contributed by atoms with van der Waals surface area (Å²) >= 11 is 0. The van der Waals surface area contributed by atoms with E-state index in [0.29, 0.717) is 5.78 Å². The van der Waals surface area contributed by atoms with Crippen molar-refractivity contribution in [2.24, 2.45) is 11.3 Å². The normalized spacial score (nSPS) is 32.6. The second kappa shape index (κ2) is 3.73. The minimum atomic E-state index is 0.0181. The molecule has 0 unspecified atom stereocenters. The van der Waals surface area contributed by atoms with E-state index in [1.807, 2.05) is 30.3 Å². The molecule has 1 aromatic rings. The summed E-state index contributed by atoms with van der Waals surface area (Å²) in [7, 11) is 0. The number of Topliss-reactive ketones (excluding diaryl/α,β-unsaturated/α-hetero) is 1. The van der Waals surface area contributed by atoms with Gasteiger partial charge in [0.2, 0.25) is 0 Å². The van der Waals surface area contributed by atoms with E-state index in [-0.39, 0.29) is 5.41 Å². The van der Waals surface area contributed by atoms with E-state index < -0.39 is 0 Å². The van der Waals surface area contributed by atoms with E-state index in [4.69, 9.17) is 0 Å². The lowest BCUT2D eigenvalue weighted by Crippen LogP contribution is -2.30. The highest BCUT2D eigenvalue weighted by Crippen LogP contribution is 2.52. The Morgan fingerprint density at radius 3 is 2.75 bits per heavy atom. The third-order valence-electron chi connectivity index (χ3n) is 4.50. The largest absolute Gasteiger partial charge is 0.294 e. The van der Waals surface area contributed by atoms with Gasteiger partial charge in [-0.3, -0.25) is 4.79 Å². The minimum Gasteiger partial charge on any atom is -0.294 e. The number of carbonyl (C=O) groups is 1. The highest BCUT2D eigenvalue weighted by molar-refractivity contribution is 6.00. The number of ketones is 1. The number of hydrogen-bond donors (Lipinski definition) is 0. The third kappa shape index (κ3) is 1.50. The lowest BCUT2D eigenvalue weighted by Gasteiger charge is -2.31. The molecule has 0 amide bonds. The van der Waals surface area contributed by atoms with E-state index in [1.165, 1.54) is 19.3 Å². The van der Waals surface area contributed by atoms with Crippen molar-refractivity contribution in [3.05, 3.63) is 35.9 Å². The third-order valence-corrected chi connectivity index (χ3v) is 4.50. The zero-order valence-electron chi connectivity index (χ0n) is 9.61. The summed E-state index contributed by atoms with van der Waals surface area (Å²) < 4.78 is 0. The first-order valence-electron chi connectivity index (χ1n) is 6.40. The van der Waals surface area contributed by atoms with E-state index in [0.717, 1.165) is 30.7 Å². The molecular formula is C15H18O. The van der Waals surface area contributed by atoms with Crippen molar-refractivity contribution >= 4 is 5.78 Å². The summed E-state index contributed by atoms with van der Waals surface area (Å²) in [4.78, 5) is 12.6. The summed E-state index contributed by atoms with van der Waals surface area (Å²) in [5.74, 6) is 1.25. The molecule has 0 heterocycles. The lowest BCUT2D eigenvalue weighted by atomic mass is 9.71. The van der Waals surface area contributed by atoms with Crippen molar-refractivity contribution in [1.82, 2.24) is 0 Å². The summed E-state index contributed by atoms with van der Waals surface area (Å²) in [5.41, 5.74) is 0.939. The number of fused-ring (bicyclic) bond motifs is 2. The number of hydrogen-bond acceptors (Lipinski definition) is 1. The van der Waals surface area contributed by atoms with Crippen LogP contribution >= 0.6 is 0 Å². The molecule has 0 radical (unpaired) electrons. The van der Waals surface area contributed by atoms with Gasteiger partial charge in [0.1, 0.15) is 0 Å². The Morgan fingerprint density at radius 1 is 1.12 bits per heavy atom. The smallest absolute Gasteiger partial charge is 0.169 e. The second-order valence-electron chi connectivity index (χ2n) is 5.48. The molecule has 0 N–H and O–H groups in total. The van der Waals surface area contributed by atoms with Crippen molar-refractivity contribution in [2.45, 2.75) is 38.5 Å². The van der Waals surface area contributed by atoms with Crippen LogP contribution in [0.5, 0.6) is 0 Å². The van der Waals surface area contributed by atoms with Gasteiger partial charge < -0.3 is 0 Å². The van der Waals surface area contributed by atoms with Crippen molar-refractivity contribution in [2.75, 3.05) is 0 Å². The summed E-state index contributed by atoms with van der Waals surface area (Å²) in [6, 6.07) is 9.86. The maximum Gasteiger partial charge on any atom is 0.169 e. The van der Waals surface area contributed by atoms with Gasteiger partial charge in [0.05, 0.1) is 0 Å². The van der Waals surface area contributed by atoms with Crippen LogP contribution in [0.2, 0.25) is 0 Å². The molecule has 0 aromatic heterocycles. The average molecular weight is 214 g/mol. The fraction of sp³-hybridized carbons (Fsp3) is 0.533. The van der Waals surface area contributed by atoms with E-state index >= 15 is 0 Å². The van der Waals surface area contributed by atoms with Crippen LogP contribution in [-0.2, 0) is 0 Å². The Kier molecular flexibility index (Phi) is 2.34. The maximum absolute atomic E-state index is 12.6. The van der Waals surface area contributed by atoms with Crippen molar-refractivity contribution < 1.29 is 4.79 Å². The van der Waals surface area contributed by atoms with Gasteiger partial charge in [-0.2, -0.15) is 0 Å². The van der Waals surface area contributed by atoms with Crippen molar-refractivity contribution in [3.63, 3.8) is 0 Å². The zero-order valence-corrected chi connectivity index (χ0v) is 9.61. The van der Waals surface area contributed by atoms with Crippen LogP contribution in [-0.4, -0.2) is 5.78 Å². The molecule has 0 aliphatic heterocycles. The van der Waals surface area contributed by atoms with Crippen LogP contribution in [0.4, 0.5) is 0 Å². The number of carbonyl (C=O) groups excluding carboxylic acids is 1. The van der Waals surface area contributed by atoms with Crippen LogP contribution in [0, 0.1) is 11.3 Å². The maximum atomic E-state index is 12.6. The predicted molar refractivity (Wildman–Crippen MR) is 64.4 cm³/mol. The SMILES string of the molecule is O=C(c1ccccc1)[C@@]12CCC[C@H](CC1)C2. The molecule has 2 atom stereocenters. The molecule has 1 aromatic carbocycles. The molecule has 84 valence electrons. The number of benzene rings is 1. The topological polar surface area (TPSA) is 17.1 Å². The number of rotatable bonds is 2. The van der Waals surface area contributed by atoms with Gasteiger partial charge >= 0.3 is 0 Å². The van der Waals surface area contributed by atoms with Crippen LogP contribution in [0.15, 0.2) is 30.3 Å². The van der Waals surface area contributed by atoms with Crippen molar-refractivity contribution in [3.8, 4) is 0 Å². The monoisotopic (exact) mass is 214 g/mol.